The molecule has 1 aromatic rings. The molecule has 2 N–H and O–H groups in total. The van der Waals surface area contributed by atoms with Crippen molar-refractivity contribution in [2.45, 2.75) is 32.4 Å². The largest absolute Gasteiger partial charge is 0.379 e. The molecule has 132 valence electrons. The van der Waals surface area contributed by atoms with Crippen molar-refractivity contribution in [1.82, 2.24) is 15.5 Å². The Labute approximate surface area is 144 Å². The zero-order valence-electron chi connectivity index (χ0n) is 14.4. The lowest BCUT2D eigenvalue weighted by Gasteiger charge is -2.27. The number of hydrogen-bond donors (Lipinski definition) is 2. The van der Waals surface area contributed by atoms with Crippen LogP contribution in [0.3, 0.4) is 0 Å². The van der Waals surface area contributed by atoms with Gasteiger partial charge in [-0.25, -0.2) is 0 Å². The van der Waals surface area contributed by atoms with Crippen molar-refractivity contribution in [3.63, 3.8) is 0 Å². The molecule has 2 aliphatic rings. The number of hydrogen-bond acceptors (Lipinski definition) is 4. The summed E-state index contributed by atoms with van der Waals surface area (Å²) < 4.78 is 5.41. The molecule has 0 aromatic heterocycles. The maximum Gasteiger partial charge on any atom is 0.220 e. The number of nitrogens with zero attached hydrogens (tertiary/aromatic N) is 1. The molecule has 0 saturated carbocycles. The lowest BCUT2D eigenvalue weighted by Crippen LogP contribution is -2.36. The van der Waals surface area contributed by atoms with E-state index in [2.05, 4.69) is 39.8 Å². The molecule has 0 aliphatic carbocycles. The molecule has 2 aliphatic heterocycles. The molecule has 5 heteroatoms. The second-order valence-electron chi connectivity index (χ2n) is 6.83. The summed E-state index contributed by atoms with van der Waals surface area (Å²) in [5.74, 6) is 0.840. The predicted octanol–water partition coefficient (Wildman–Crippen LogP) is 1.52. The summed E-state index contributed by atoms with van der Waals surface area (Å²) >= 11 is 0. The number of morpholine rings is 1. The fourth-order valence-corrected chi connectivity index (χ4v) is 3.46. The monoisotopic (exact) mass is 331 g/mol. The Morgan fingerprint density at radius 3 is 2.79 bits per heavy atom. The first-order valence-electron chi connectivity index (χ1n) is 9.15. The van der Waals surface area contributed by atoms with Crippen LogP contribution in [-0.4, -0.2) is 50.2 Å². The molecule has 24 heavy (non-hydrogen) atoms. The summed E-state index contributed by atoms with van der Waals surface area (Å²) in [5, 5.41) is 6.45. The zero-order valence-corrected chi connectivity index (χ0v) is 14.4. The Morgan fingerprint density at radius 2 is 2.04 bits per heavy atom. The summed E-state index contributed by atoms with van der Waals surface area (Å²) in [6.07, 6.45) is 2.84. The van der Waals surface area contributed by atoms with Gasteiger partial charge in [-0.05, 0) is 43.0 Å². The van der Waals surface area contributed by atoms with Gasteiger partial charge in [-0.3, -0.25) is 9.69 Å². The summed E-state index contributed by atoms with van der Waals surface area (Å²) in [7, 11) is 0. The molecule has 1 aromatic carbocycles. The van der Waals surface area contributed by atoms with Crippen LogP contribution in [0.4, 0.5) is 0 Å². The second kappa shape index (κ2) is 9.16. The van der Waals surface area contributed by atoms with Gasteiger partial charge in [0.05, 0.1) is 13.2 Å². The zero-order chi connectivity index (χ0) is 16.6. The second-order valence-corrected chi connectivity index (χ2v) is 6.83. The average Bonchev–Trinajstić information content (AvgIpc) is 3.14. The van der Waals surface area contributed by atoms with Crippen LogP contribution in [0.2, 0.25) is 0 Å². The minimum Gasteiger partial charge on any atom is -0.379 e. The first-order chi connectivity index (χ1) is 11.8. The summed E-state index contributed by atoms with van der Waals surface area (Å²) in [6, 6.07) is 8.42. The first-order valence-corrected chi connectivity index (χ1v) is 9.15. The highest BCUT2D eigenvalue weighted by Crippen LogP contribution is 2.15. The third kappa shape index (κ3) is 5.30. The van der Waals surface area contributed by atoms with Crippen molar-refractivity contribution < 1.29 is 9.53 Å². The number of rotatable bonds is 7. The van der Waals surface area contributed by atoms with Crippen LogP contribution >= 0.6 is 0 Å². The molecular weight excluding hydrogens is 302 g/mol. The SMILES string of the molecule is O=C(CCC1CCNC1)NCc1ccccc1CN1CCOCC1. The fourth-order valence-electron chi connectivity index (χ4n) is 3.46. The van der Waals surface area contributed by atoms with Gasteiger partial charge in [-0.15, -0.1) is 0 Å². The van der Waals surface area contributed by atoms with Crippen molar-refractivity contribution in [3.8, 4) is 0 Å². The summed E-state index contributed by atoms with van der Waals surface area (Å²) in [4.78, 5) is 14.5. The molecule has 5 nitrogen and oxygen atoms in total. The molecule has 1 atom stereocenters. The van der Waals surface area contributed by atoms with E-state index in [1.807, 2.05) is 0 Å². The Morgan fingerprint density at radius 1 is 1.25 bits per heavy atom. The molecule has 0 radical (unpaired) electrons. The van der Waals surface area contributed by atoms with E-state index >= 15 is 0 Å². The van der Waals surface area contributed by atoms with Gasteiger partial charge >= 0.3 is 0 Å². The predicted molar refractivity (Wildman–Crippen MR) is 94.6 cm³/mol. The van der Waals surface area contributed by atoms with Crippen molar-refractivity contribution in [2.24, 2.45) is 5.92 Å². The summed E-state index contributed by atoms with van der Waals surface area (Å²) in [6.45, 7) is 7.32. The first kappa shape index (κ1) is 17.4. The van der Waals surface area contributed by atoms with Crippen molar-refractivity contribution in [3.05, 3.63) is 35.4 Å². The van der Waals surface area contributed by atoms with Gasteiger partial charge in [0.25, 0.3) is 0 Å². The lowest BCUT2D eigenvalue weighted by atomic mass is 10.0. The topological polar surface area (TPSA) is 53.6 Å². The van der Waals surface area contributed by atoms with Crippen LogP contribution < -0.4 is 10.6 Å². The van der Waals surface area contributed by atoms with Crippen LogP contribution in [0.1, 0.15) is 30.4 Å². The Kier molecular flexibility index (Phi) is 6.64. The van der Waals surface area contributed by atoms with E-state index in [9.17, 15) is 4.79 Å². The van der Waals surface area contributed by atoms with Crippen LogP contribution in [-0.2, 0) is 22.6 Å². The van der Waals surface area contributed by atoms with E-state index in [1.54, 1.807) is 0 Å². The van der Waals surface area contributed by atoms with Crippen LogP contribution in [0.15, 0.2) is 24.3 Å². The third-order valence-corrected chi connectivity index (χ3v) is 5.03. The highest BCUT2D eigenvalue weighted by atomic mass is 16.5. The average molecular weight is 331 g/mol. The molecule has 1 unspecified atom stereocenters. The van der Waals surface area contributed by atoms with E-state index in [0.29, 0.717) is 18.9 Å². The maximum atomic E-state index is 12.1. The minimum absolute atomic E-state index is 0.170. The van der Waals surface area contributed by atoms with Gasteiger partial charge in [0.1, 0.15) is 0 Å². The van der Waals surface area contributed by atoms with Crippen LogP contribution in [0.5, 0.6) is 0 Å². The number of amides is 1. The molecule has 2 saturated heterocycles. The summed E-state index contributed by atoms with van der Waals surface area (Å²) in [5.41, 5.74) is 2.53. The normalized spacial score (nSPS) is 21.8. The van der Waals surface area contributed by atoms with Gasteiger partial charge in [-0.1, -0.05) is 24.3 Å². The van der Waals surface area contributed by atoms with Gasteiger partial charge in [0, 0.05) is 32.6 Å². The van der Waals surface area contributed by atoms with Crippen molar-refractivity contribution >= 4 is 5.91 Å². The number of carbonyl (C=O) groups is 1. The number of benzene rings is 1. The number of nitrogens with one attached hydrogen (secondary N) is 2. The Balaban J connectivity index is 1.46. The standard InChI is InChI=1S/C19H29N3O2/c23-19(6-5-16-7-8-20-13-16)21-14-17-3-1-2-4-18(17)15-22-9-11-24-12-10-22/h1-4,16,20H,5-15H2,(H,21,23). The van der Waals surface area contributed by atoms with Gasteiger partial charge in [-0.2, -0.15) is 0 Å². The van der Waals surface area contributed by atoms with E-state index in [0.717, 1.165) is 52.4 Å². The number of carbonyl (C=O) groups excluding carboxylic acids is 1. The van der Waals surface area contributed by atoms with Crippen LogP contribution in [0, 0.1) is 5.92 Å². The van der Waals surface area contributed by atoms with Gasteiger partial charge in [0.2, 0.25) is 5.91 Å². The van der Waals surface area contributed by atoms with Gasteiger partial charge in [0.15, 0.2) is 0 Å². The highest BCUT2D eigenvalue weighted by molar-refractivity contribution is 5.75. The fraction of sp³-hybridized carbons (Fsp3) is 0.632. The van der Waals surface area contributed by atoms with E-state index in [-0.39, 0.29) is 5.91 Å². The molecule has 1 amide bonds. The van der Waals surface area contributed by atoms with Gasteiger partial charge < -0.3 is 15.4 Å². The molecular formula is C19H29N3O2. The Bertz CT molecular complexity index is 523. The lowest BCUT2D eigenvalue weighted by molar-refractivity contribution is -0.121. The third-order valence-electron chi connectivity index (χ3n) is 5.03. The van der Waals surface area contributed by atoms with E-state index in [1.165, 1.54) is 17.5 Å². The van der Waals surface area contributed by atoms with Crippen LogP contribution in [0.25, 0.3) is 0 Å². The quantitative estimate of drug-likeness (QED) is 0.795. The van der Waals surface area contributed by atoms with Crippen molar-refractivity contribution in [2.75, 3.05) is 39.4 Å². The maximum absolute atomic E-state index is 12.1. The molecule has 0 bridgehead atoms. The molecule has 2 fully saturated rings. The minimum atomic E-state index is 0.170. The smallest absolute Gasteiger partial charge is 0.220 e. The van der Waals surface area contributed by atoms with Crippen molar-refractivity contribution in [1.29, 1.82) is 0 Å². The Hall–Kier alpha value is -1.43. The molecule has 2 heterocycles. The number of ether oxygens (including phenoxy) is 1. The van der Waals surface area contributed by atoms with E-state index < -0.39 is 0 Å². The van der Waals surface area contributed by atoms with E-state index in [4.69, 9.17) is 4.74 Å². The molecule has 3 rings (SSSR count). The highest BCUT2D eigenvalue weighted by Gasteiger charge is 2.16. The molecule has 0 spiro atoms.